The Balaban J connectivity index is 1.12. The molecule has 0 radical (unpaired) electrons. The summed E-state index contributed by atoms with van der Waals surface area (Å²) in [6.45, 7) is 0.358. The zero-order chi connectivity index (χ0) is 30.7. The lowest BCUT2D eigenvalue weighted by Crippen LogP contribution is -2.31. The Bertz CT molecular complexity index is 1500. The lowest BCUT2D eigenvalue weighted by molar-refractivity contribution is -0.245. The van der Waals surface area contributed by atoms with Gasteiger partial charge in [-0.25, -0.2) is 4.98 Å². The summed E-state index contributed by atoms with van der Waals surface area (Å²) in [7, 11) is 0. The lowest BCUT2D eigenvalue weighted by atomic mass is 10.0. The molecule has 44 heavy (non-hydrogen) atoms. The molecule has 0 bridgehead atoms. The molecular weight excluding hydrogens is 580 g/mol. The van der Waals surface area contributed by atoms with Crippen molar-refractivity contribution in [3.8, 4) is 0 Å². The Morgan fingerprint density at radius 2 is 1.68 bits per heavy atom. The Morgan fingerprint density at radius 1 is 0.955 bits per heavy atom. The number of aromatic amines is 1. The fourth-order valence-electron chi connectivity index (χ4n) is 4.77. The predicted molar refractivity (Wildman–Crippen MR) is 167 cm³/mol. The molecule has 2 amide bonds. The summed E-state index contributed by atoms with van der Waals surface area (Å²) >= 11 is 1.54. The van der Waals surface area contributed by atoms with E-state index in [-0.39, 0.29) is 43.5 Å². The molecule has 2 heterocycles. The summed E-state index contributed by atoms with van der Waals surface area (Å²) in [6.07, 6.45) is 2.18. The normalized spacial score (nSPS) is 18.1. The van der Waals surface area contributed by atoms with Crippen LogP contribution in [0.25, 0.3) is 0 Å². The highest BCUT2D eigenvalue weighted by molar-refractivity contribution is 7.99. The smallest absolute Gasteiger partial charge is 0.224 e. The number of nitrogens with one attached hydrogen (secondary N) is 3. The zero-order valence-corrected chi connectivity index (χ0v) is 25.0. The fraction of sp³-hybridized carbons (Fsp3) is 0.312. The Morgan fingerprint density at radius 3 is 2.41 bits per heavy atom. The Hall–Kier alpha value is -4.23. The first-order valence-electron chi connectivity index (χ1n) is 14.5. The number of carbonyl (C=O) groups is 2. The number of hydrogen-bond donors (Lipinski definition) is 5. The van der Waals surface area contributed by atoms with Gasteiger partial charge in [0, 0.05) is 37.1 Å². The number of nitrogen functional groups attached to an aromatic ring is 1. The van der Waals surface area contributed by atoms with Gasteiger partial charge in [0.25, 0.3) is 0 Å². The largest absolute Gasteiger partial charge is 0.397 e. The van der Waals surface area contributed by atoms with Crippen LogP contribution in [0.1, 0.15) is 60.3 Å². The highest BCUT2D eigenvalue weighted by Crippen LogP contribution is 2.39. The van der Waals surface area contributed by atoms with E-state index in [0.717, 1.165) is 27.4 Å². The Labute approximate surface area is 260 Å². The average molecular weight is 617 g/mol. The van der Waals surface area contributed by atoms with E-state index in [4.69, 9.17) is 15.2 Å². The SMILES string of the molecule is Nc1ccccc1NC(=O)CCCC(=O)NCc1ccc(C2OC(CSc3ncn[nH]3)CC(c3ccc(CO)cc3)O2)cc1. The van der Waals surface area contributed by atoms with E-state index in [0.29, 0.717) is 36.5 Å². The summed E-state index contributed by atoms with van der Waals surface area (Å²) in [4.78, 5) is 28.8. The van der Waals surface area contributed by atoms with Crippen molar-refractivity contribution in [1.82, 2.24) is 20.5 Å². The third-order valence-corrected chi connectivity index (χ3v) is 8.21. The molecule has 6 N–H and O–H groups in total. The van der Waals surface area contributed by atoms with Crippen LogP contribution in [0.5, 0.6) is 0 Å². The van der Waals surface area contributed by atoms with Crippen LogP contribution >= 0.6 is 11.8 Å². The molecular formula is C32H36N6O5S. The standard InChI is InChI=1S/C32H36N6O5S/c33-26-4-1-2-5-27(26)37-30(41)7-3-6-29(40)34-17-21-8-14-24(15-9-21)31-42-25(19-44-32-35-20-36-38-32)16-28(43-31)23-12-10-22(18-39)11-13-23/h1-2,4-5,8-15,20,25,28,31,39H,3,6-7,16-19,33H2,(H,34,40)(H,37,41)(H,35,36,38). The number of anilines is 2. The van der Waals surface area contributed by atoms with E-state index in [1.807, 2.05) is 48.5 Å². The summed E-state index contributed by atoms with van der Waals surface area (Å²) in [6, 6.07) is 22.6. The summed E-state index contributed by atoms with van der Waals surface area (Å²) in [5, 5.41) is 22.6. The second kappa shape index (κ2) is 15.5. The predicted octanol–water partition coefficient (Wildman–Crippen LogP) is 4.64. The number of aromatic nitrogens is 3. The van der Waals surface area contributed by atoms with Crippen LogP contribution in [0.15, 0.2) is 84.3 Å². The third-order valence-electron chi connectivity index (χ3n) is 7.20. The molecule has 0 saturated carbocycles. The first kappa shape index (κ1) is 31.2. The molecule has 0 aliphatic carbocycles. The Kier molecular flexibility index (Phi) is 11.0. The number of H-pyrrole nitrogens is 1. The third kappa shape index (κ3) is 8.89. The van der Waals surface area contributed by atoms with Crippen molar-refractivity contribution in [3.05, 3.63) is 101 Å². The molecule has 1 aromatic heterocycles. The second-order valence-corrected chi connectivity index (χ2v) is 11.5. The van der Waals surface area contributed by atoms with Crippen molar-refractivity contribution in [3.63, 3.8) is 0 Å². The average Bonchev–Trinajstić information content (AvgIpc) is 3.58. The van der Waals surface area contributed by atoms with Gasteiger partial charge in [-0.1, -0.05) is 72.4 Å². The van der Waals surface area contributed by atoms with Gasteiger partial charge < -0.3 is 30.9 Å². The minimum Gasteiger partial charge on any atom is -0.397 e. The molecule has 12 heteroatoms. The number of hydrogen-bond acceptors (Lipinski definition) is 9. The van der Waals surface area contributed by atoms with Crippen molar-refractivity contribution >= 4 is 35.0 Å². The van der Waals surface area contributed by atoms with Gasteiger partial charge in [0.2, 0.25) is 11.8 Å². The zero-order valence-electron chi connectivity index (χ0n) is 24.1. The number of amides is 2. The molecule has 1 fully saturated rings. The van der Waals surface area contributed by atoms with Crippen LogP contribution in [0.3, 0.4) is 0 Å². The van der Waals surface area contributed by atoms with Crippen LogP contribution in [-0.4, -0.2) is 44.0 Å². The van der Waals surface area contributed by atoms with Crippen LogP contribution < -0.4 is 16.4 Å². The molecule has 3 atom stereocenters. The van der Waals surface area contributed by atoms with E-state index < -0.39 is 6.29 Å². The first-order chi connectivity index (χ1) is 21.5. The van der Waals surface area contributed by atoms with Gasteiger partial charge in [0.15, 0.2) is 11.4 Å². The van der Waals surface area contributed by atoms with Gasteiger partial charge in [-0.05, 0) is 35.2 Å². The fourth-order valence-corrected chi connectivity index (χ4v) is 5.57. The molecule has 3 unspecified atom stereocenters. The molecule has 1 aliphatic heterocycles. The summed E-state index contributed by atoms with van der Waals surface area (Å²) < 4.78 is 12.8. The van der Waals surface area contributed by atoms with Crippen LogP contribution in [0.4, 0.5) is 11.4 Å². The number of nitrogens with two attached hydrogens (primary N) is 1. The van der Waals surface area contributed by atoms with E-state index in [1.165, 1.54) is 6.33 Å². The minimum absolute atomic E-state index is 0.0113. The maximum Gasteiger partial charge on any atom is 0.224 e. The van der Waals surface area contributed by atoms with Crippen molar-refractivity contribution in [1.29, 1.82) is 0 Å². The van der Waals surface area contributed by atoms with Gasteiger partial charge in [-0.3, -0.25) is 14.7 Å². The van der Waals surface area contributed by atoms with Crippen molar-refractivity contribution in [2.24, 2.45) is 0 Å². The van der Waals surface area contributed by atoms with Gasteiger partial charge in [-0.2, -0.15) is 5.10 Å². The highest BCUT2D eigenvalue weighted by atomic mass is 32.2. The molecule has 5 rings (SSSR count). The number of ether oxygens (including phenoxy) is 2. The first-order valence-corrected chi connectivity index (χ1v) is 15.4. The molecule has 1 aliphatic rings. The van der Waals surface area contributed by atoms with Gasteiger partial charge in [-0.15, -0.1) is 0 Å². The molecule has 1 saturated heterocycles. The van der Waals surface area contributed by atoms with E-state index in [1.54, 1.807) is 36.0 Å². The number of aliphatic hydroxyl groups excluding tert-OH is 1. The number of para-hydroxylation sites is 2. The molecule has 11 nitrogen and oxygen atoms in total. The molecule has 0 spiro atoms. The van der Waals surface area contributed by atoms with Crippen LogP contribution in [-0.2, 0) is 32.2 Å². The van der Waals surface area contributed by atoms with Crippen LogP contribution in [0, 0.1) is 0 Å². The quantitative estimate of drug-likeness (QED) is 0.106. The van der Waals surface area contributed by atoms with Gasteiger partial charge in [0.05, 0.1) is 30.2 Å². The lowest BCUT2D eigenvalue weighted by Gasteiger charge is -2.36. The summed E-state index contributed by atoms with van der Waals surface area (Å²) in [5.41, 5.74) is 10.6. The molecule has 3 aromatic carbocycles. The number of carbonyl (C=O) groups excluding carboxylic acids is 2. The van der Waals surface area contributed by atoms with Crippen molar-refractivity contribution in [2.45, 2.75) is 62.5 Å². The van der Waals surface area contributed by atoms with E-state index in [9.17, 15) is 14.7 Å². The monoisotopic (exact) mass is 616 g/mol. The van der Waals surface area contributed by atoms with E-state index in [2.05, 4.69) is 25.8 Å². The highest BCUT2D eigenvalue weighted by Gasteiger charge is 2.32. The maximum absolute atomic E-state index is 12.4. The number of nitrogens with zero attached hydrogens (tertiary/aromatic N) is 2. The van der Waals surface area contributed by atoms with Gasteiger partial charge >= 0.3 is 0 Å². The number of aliphatic hydroxyl groups is 1. The van der Waals surface area contributed by atoms with Crippen molar-refractivity contribution in [2.75, 3.05) is 16.8 Å². The van der Waals surface area contributed by atoms with Gasteiger partial charge in [0.1, 0.15) is 6.33 Å². The number of thioether (sulfide) groups is 1. The molecule has 4 aromatic rings. The maximum atomic E-state index is 12.4. The molecule has 230 valence electrons. The summed E-state index contributed by atoms with van der Waals surface area (Å²) in [5.74, 6) is 0.371. The van der Waals surface area contributed by atoms with Crippen LogP contribution in [0.2, 0.25) is 0 Å². The minimum atomic E-state index is -0.576. The number of benzene rings is 3. The van der Waals surface area contributed by atoms with E-state index >= 15 is 0 Å². The second-order valence-electron chi connectivity index (χ2n) is 10.5. The van der Waals surface area contributed by atoms with Crippen molar-refractivity contribution < 1.29 is 24.2 Å². The number of rotatable bonds is 13. The topological polar surface area (TPSA) is 164 Å².